The Kier molecular flexibility index (Phi) is 7.22. The van der Waals surface area contributed by atoms with Gasteiger partial charge >= 0.3 is 17.7 Å². The summed E-state index contributed by atoms with van der Waals surface area (Å²) in [4.78, 5) is 29.4. The number of ether oxygens (including phenoxy) is 2. The standard InChI is InChI=1S/C20H20FNO6/c1-14(23)20(17(21)13-22-26-2,27-18(24)15-9-5-3-6-10-15)28-19(25)16-11-7-4-8-12-16/h3-14,17,23H,1-2H3/b22-13+. The van der Waals surface area contributed by atoms with Gasteiger partial charge in [0, 0.05) is 0 Å². The highest BCUT2D eigenvalue weighted by Gasteiger charge is 2.52. The maximum atomic E-state index is 15.0. The molecule has 0 aromatic heterocycles. The summed E-state index contributed by atoms with van der Waals surface area (Å²) < 4.78 is 25.3. The zero-order valence-corrected chi connectivity index (χ0v) is 15.3. The van der Waals surface area contributed by atoms with Crippen LogP contribution in [-0.4, -0.2) is 48.4 Å². The molecule has 2 unspecified atom stereocenters. The van der Waals surface area contributed by atoms with Crippen LogP contribution in [-0.2, 0) is 14.3 Å². The van der Waals surface area contributed by atoms with Gasteiger partial charge in [0.15, 0.2) is 0 Å². The van der Waals surface area contributed by atoms with Crippen molar-refractivity contribution in [1.82, 2.24) is 0 Å². The molecular weight excluding hydrogens is 369 g/mol. The van der Waals surface area contributed by atoms with Crippen molar-refractivity contribution in [3.05, 3.63) is 71.8 Å². The van der Waals surface area contributed by atoms with Crippen LogP contribution in [0.3, 0.4) is 0 Å². The fourth-order valence-corrected chi connectivity index (χ4v) is 2.31. The van der Waals surface area contributed by atoms with E-state index in [2.05, 4.69) is 9.99 Å². The van der Waals surface area contributed by atoms with Crippen LogP contribution < -0.4 is 0 Å². The molecule has 0 heterocycles. The van der Waals surface area contributed by atoms with E-state index in [1.165, 1.54) is 31.4 Å². The number of carbonyl (C=O) groups is 2. The molecule has 2 aromatic rings. The van der Waals surface area contributed by atoms with E-state index in [1.54, 1.807) is 36.4 Å². The molecule has 0 bridgehead atoms. The van der Waals surface area contributed by atoms with Gasteiger partial charge < -0.3 is 19.4 Å². The lowest BCUT2D eigenvalue weighted by atomic mass is 10.1. The molecule has 0 amide bonds. The predicted molar refractivity (Wildman–Crippen MR) is 98.5 cm³/mol. The number of oxime groups is 1. The molecule has 0 aliphatic rings. The van der Waals surface area contributed by atoms with Crippen LogP contribution in [0.2, 0.25) is 0 Å². The molecule has 0 saturated carbocycles. The van der Waals surface area contributed by atoms with Crippen molar-refractivity contribution in [3.8, 4) is 0 Å². The van der Waals surface area contributed by atoms with E-state index in [-0.39, 0.29) is 11.1 Å². The van der Waals surface area contributed by atoms with Crippen molar-refractivity contribution in [3.63, 3.8) is 0 Å². The van der Waals surface area contributed by atoms with Crippen LogP contribution in [0.1, 0.15) is 27.6 Å². The highest BCUT2D eigenvalue weighted by Crippen LogP contribution is 2.28. The third kappa shape index (κ3) is 4.92. The first-order chi connectivity index (χ1) is 13.4. The molecule has 7 nitrogen and oxygen atoms in total. The molecular formula is C20H20FNO6. The predicted octanol–water partition coefficient (Wildman–Crippen LogP) is 2.75. The van der Waals surface area contributed by atoms with Crippen molar-refractivity contribution < 1.29 is 33.4 Å². The number of carbonyl (C=O) groups excluding carboxylic acids is 2. The maximum absolute atomic E-state index is 15.0. The van der Waals surface area contributed by atoms with Gasteiger partial charge in [0.1, 0.15) is 13.2 Å². The van der Waals surface area contributed by atoms with Gasteiger partial charge in [-0.15, -0.1) is 0 Å². The second kappa shape index (κ2) is 9.61. The Morgan fingerprint density at radius 2 is 1.43 bits per heavy atom. The highest BCUT2D eigenvalue weighted by molar-refractivity contribution is 5.92. The fourth-order valence-electron chi connectivity index (χ4n) is 2.31. The first kappa shape index (κ1) is 21.0. The van der Waals surface area contributed by atoms with Gasteiger partial charge in [0.2, 0.25) is 6.17 Å². The molecule has 0 aliphatic carbocycles. The molecule has 1 N–H and O–H groups in total. The Labute approximate surface area is 161 Å². The molecule has 0 radical (unpaired) electrons. The number of alkyl halides is 1. The monoisotopic (exact) mass is 389 g/mol. The van der Waals surface area contributed by atoms with Gasteiger partial charge in [-0.3, -0.25) is 0 Å². The summed E-state index contributed by atoms with van der Waals surface area (Å²) in [5, 5.41) is 13.5. The third-order valence-corrected chi connectivity index (χ3v) is 3.79. The average Bonchev–Trinajstić information content (AvgIpc) is 2.72. The Morgan fingerprint density at radius 1 is 1.00 bits per heavy atom. The number of hydrogen-bond donors (Lipinski definition) is 1. The zero-order chi connectivity index (χ0) is 20.6. The Hall–Kier alpha value is -3.26. The Morgan fingerprint density at radius 3 is 1.79 bits per heavy atom. The topological polar surface area (TPSA) is 94.4 Å². The van der Waals surface area contributed by atoms with Crippen LogP contribution in [0.5, 0.6) is 0 Å². The summed E-state index contributed by atoms with van der Waals surface area (Å²) in [6, 6.07) is 15.4. The van der Waals surface area contributed by atoms with E-state index < -0.39 is 30.0 Å². The second-order valence-corrected chi connectivity index (χ2v) is 5.75. The minimum Gasteiger partial charge on any atom is -0.413 e. The fraction of sp³-hybridized carbons (Fsp3) is 0.250. The lowest BCUT2D eigenvalue weighted by Gasteiger charge is -2.35. The van der Waals surface area contributed by atoms with E-state index in [9.17, 15) is 19.1 Å². The number of esters is 2. The van der Waals surface area contributed by atoms with E-state index in [1.807, 2.05) is 0 Å². The molecule has 0 fully saturated rings. The number of halogens is 1. The van der Waals surface area contributed by atoms with Crippen molar-refractivity contribution in [2.24, 2.45) is 5.16 Å². The number of nitrogens with zero attached hydrogens (tertiary/aromatic N) is 1. The second-order valence-electron chi connectivity index (χ2n) is 5.75. The van der Waals surface area contributed by atoms with Crippen molar-refractivity contribution in [1.29, 1.82) is 0 Å². The number of hydrogen-bond acceptors (Lipinski definition) is 7. The van der Waals surface area contributed by atoms with Crippen LogP contribution in [0, 0.1) is 0 Å². The van der Waals surface area contributed by atoms with E-state index >= 15 is 0 Å². The largest absolute Gasteiger partial charge is 0.413 e. The number of aliphatic hydroxyl groups excluding tert-OH is 1. The Balaban J connectivity index is 2.41. The molecule has 0 aliphatic heterocycles. The molecule has 148 valence electrons. The van der Waals surface area contributed by atoms with Gasteiger partial charge in [-0.05, 0) is 31.2 Å². The van der Waals surface area contributed by atoms with Gasteiger partial charge in [0.25, 0.3) is 0 Å². The van der Waals surface area contributed by atoms with E-state index in [4.69, 9.17) is 9.47 Å². The summed E-state index contributed by atoms with van der Waals surface area (Å²) in [7, 11) is 1.18. The number of benzene rings is 2. The number of rotatable bonds is 8. The SMILES string of the molecule is CO/N=C/C(F)C(OC(=O)c1ccccc1)(OC(=O)c1ccccc1)C(C)O. The zero-order valence-electron chi connectivity index (χ0n) is 15.3. The smallest absolute Gasteiger partial charge is 0.341 e. The molecule has 2 rings (SSSR count). The molecule has 2 atom stereocenters. The van der Waals surface area contributed by atoms with E-state index in [0.29, 0.717) is 6.21 Å². The van der Waals surface area contributed by atoms with Crippen LogP contribution in [0.25, 0.3) is 0 Å². The lowest BCUT2D eigenvalue weighted by molar-refractivity contribution is -0.238. The third-order valence-electron chi connectivity index (χ3n) is 3.79. The minimum absolute atomic E-state index is 0.0826. The summed E-state index contributed by atoms with van der Waals surface area (Å²) in [5.74, 6) is -4.66. The molecule has 28 heavy (non-hydrogen) atoms. The van der Waals surface area contributed by atoms with Gasteiger partial charge in [-0.2, -0.15) is 0 Å². The lowest BCUT2D eigenvalue weighted by Crippen LogP contribution is -2.56. The van der Waals surface area contributed by atoms with E-state index in [0.717, 1.165) is 6.92 Å². The number of aliphatic hydroxyl groups is 1. The minimum atomic E-state index is -2.68. The molecule has 0 saturated heterocycles. The first-order valence-corrected chi connectivity index (χ1v) is 8.36. The summed E-state index contributed by atoms with van der Waals surface area (Å²) in [5.41, 5.74) is 0.165. The molecule has 2 aromatic carbocycles. The maximum Gasteiger partial charge on any atom is 0.341 e. The van der Waals surface area contributed by atoms with Crippen LogP contribution in [0.15, 0.2) is 65.8 Å². The molecule has 0 spiro atoms. The Bertz CT molecular complexity index is 756. The first-order valence-electron chi connectivity index (χ1n) is 8.36. The van der Waals surface area contributed by atoms with Crippen LogP contribution in [0.4, 0.5) is 4.39 Å². The quantitative estimate of drug-likeness (QED) is 0.323. The highest BCUT2D eigenvalue weighted by atomic mass is 19.1. The average molecular weight is 389 g/mol. The van der Waals surface area contributed by atoms with Crippen molar-refractivity contribution >= 4 is 18.2 Å². The summed E-state index contributed by atoms with van der Waals surface area (Å²) in [6.45, 7) is 1.13. The van der Waals surface area contributed by atoms with Gasteiger partial charge in [-0.1, -0.05) is 41.6 Å². The van der Waals surface area contributed by atoms with Gasteiger partial charge in [-0.25, -0.2) is 14.0 Å². The van der Waals surface area contributed by atoms with Gasteiger partial charge in [0.05, 0.1) is 17.3 Å². The summed E-state index contributed by atoms with van der Waals surface area (Å²) >= 11 is 0. The van der Waals surface area contributed by atoms with Crippen molar-refractivity contribution in [2.45, 2.75) is 25.0 Å². The summed E-state index contributed by atoms with van der Waals surface area (Å²) in [6.07, 6.45) is -3.41. The molecule has 8 heteroatoms. The van der Waals surface area contributed by atoms with Crippen LogP contribution >= 0.6 is 0 Å². The normalized spacial score (nSPS) is 13.6. The van der Waals surface area contributed by atoms with Crippen molar-refractivity contribution in [2.75, 3.05) is 7.11 Å².